The Hall–Kier alpha value is -1.16. The van der Waals surface area contributed by atoms with E-state index in [2.05, 4.69) is 29.0 Å². The Kier molecular flexibility index (Phi) is 5.97. The highest BCUT2D eigenvalue weighted by molar-refractivity contribution is 5.43. The number of hydrogen-bond acceptors (Lipinski definition) is 3. The molecule has 2 heterocycles. The molecule has 1 N–H and O–H groups in total. The monoisotopic (exact) mass is 293 g/mol. The summed E-state index contributed by atoms with van der Waals surface area (Å²) in [6, 6.07) is 1.77. The molecule has 0 radical (unpaired) electrons. The predicted octanol–water partition coefficient (Wildman–Crippen LogP) is 3.59. The number of pyridine rings is 1. The van der Waals surface area contributed by atoms with Gasteiger partial charge in [0.1, 0.15) is 0 Å². The van der Waals surface area contributed by atoms with E-state index in [1.807, 2.05) is 6.92 Å². The molecular formula is C17H28FN3. The third kappa shape index (κ3) is 4.16. The minimum atomic E-state index is -0.151. The van der Waals surface area contributed by atoms with Crippen LogP contribution in [0.5, 0.6) is 0 Å². The second-order valence-corrected chi connectivity index (χ2v) is 6.31. The van der Waals surface area contributed by atoms with Crippen molar-refractivity contribution in [2.75, 3.05) is 24.5 Å². The molecule has 1 aliphatic rings. The van der Waals surface area contributed by atoms with Crippen LogP contribution in [-0.4, -0.2) is 24.6 Å². The molecule has 0 spiro atoms. The number of aromatic nitrogens is 1. The largest absolute Gasteiger partial charge is 0.354 e. The Balaban J connectivity index is 2.10. The van der Waals surface area contributed by atoms with E-state index in [-0.39, 0.29) is 5.82 Å². The first-order chi connectivity index (χ1) is 10.1. The van der Waals surface area contributed by atoms with Crippen LogP contribution in [0.2, 0.25) is 0 Å². The molecular weight excluding hydrogens is 265 g/mol. The van der Waals surface area contributed by atoms with Crippen LogP contribution in [0.25, 0.3) is 0 Å². The summed E-state index contributed by atoms with van der Waals surface area (Å²) in [5.41, 5.74) is 0.714. The number of rotatable bonds is 5. The van der Waals surface area contributed by atoms with Crippen LogP contribution in [-0.2, 0) is 6.54 Å². The topological polar surface area (TPSA) is 28.2 Å². The van der Waals surface area contributed by atoms with Gasteiger partial charge in [0.25, 0.3) is 0 Å². The number of hydrogen-bond donors (Lipinski definition) is 1. The van der Waals surface area contributed by atoms with Gasteiger partial charge in [-0.15, -0.1) is 0 Å². The average molecular weight is 293 g/mol. The Morgan fingerprint density at radius 3 is 2.90 bits per heavy atom. The standard InChI is InChI=1S/C17H28FN3/c1-4-19-12-15-7-9-20-17(16(15)18)21-10-5-6-14(8-11-21)13(2)3/h7,9,13-14,19H,4-6,8,10-12H2,1-3H3. The Labute approximate surface area is 127 Å². The van der Waals surface area contributed by atoms with Crippen LogP contribution in [0.3, 0.4) is 0 Å². The van der Waals surface area contributed by atoms with Crippen molar-refractivity contribution in [1.82, 2.24) is 10.3 Å². The van der Waals surface area contributed by atoms with Crippen LogP contribution in [0, 0.1) is 17.7 Å². The lowest BCUT2D eigenvalue weighted by molar-refractivity contribution is 0.351. The zero-order chi connectivity index (χ0) is 15.2. The van der Waals surface area contributed by atoms with E-state index in [4.69, 9.17) is 0 Å². The van der Waals surface area contributed by atoms with Gasteiger partial charge in [0.15, 0.2) is 11.6 Å². The molecule has 1 atom stereocenters. The van der Waals surface area contributed by atoms with Gasteiger partial charge in [-0.25, -0.2) is 9.37 Å². The van der Waals surface area contributed by atoms with Crippen LogP contribution < -0.4 is 10.2 Å². The van der Waals surface area contributed by atoms with Crippen LogP contribution >= 0.6 is 0 Å². The summed E-state index contributed by atoms with van der Waals surface area (Å²) in [5.74, 6) is 1.85. The third-order valence-electron chi connectivity index (χ3n) is 4.53. The highest BCUT2D eigenvalue weighted by atomic mass is 19.1. The molecule has 1 aliphatic heterocycles. The van der Waals surface area contributed by atoms with Gasteiger partial charge < -0.3 is 10.2 Å². The lowest BCUT2D eigenvalue weighted by Crippen LogP contribution is -2.27. The van der Waals surface area contributed by atoms with E-state index in [1.165, 1.54) is 6.42 Å². The minimum absolute atomic E-state index is 0.151. The van der Waals surface area contributed by atoms with Crippen molar-refractivity contribution < 1.29 is 4.39 Å². The first-order valence-corrected chi connectivity index (χ1v) is 8.22. The molecule has 4 heteroatoms. The molecule has 1 fully saturated rings. The van der Waals surface area contributed by atoms with Crippen molar-refractivity contribution in [3.8, 4) is 0 Å². The molecule has 0 aromatic carbocycles. The molecule has 3 nitrogen and oxygen atoms in total. The molecule has 21 heavy (non-hydrogen) atoms. The normalized spacial score (nSPS) is 19.9. The van der Waals surface area contributed by atoms with Crippen molar-refractivity contribution in [3.63, 3.8) is 0 Å². The number of anilines is 1. The van der Waals surface area contributed by atoms with Gasteiger partial charge in [-0.2, -0.15) is 0 Å². The second-order valence-electron chi connectivity index (χ2n) is 6.31. The van der Waals surface area contributed by atoms with Gasteiger partial charge in [0.05, 0.1) is 0 Å². The molecule has 1 aromatic heterocycles. The lowest BCUT2D eigenvalue weighted by atomic mass is 9.89. The van der Waals surface area contributed by atoms with Gasteiger partial charge in [-0.3, -0.25) is 0 Å². The first kappa shape index (κ1) is 16.2. The van der Waals surface area contributed by atoms with E-state index in [0.717, 1.165) is 38.4 Å². The summed E-state index contributed by atoms with van der Waals surface area (Å²) in [6.07, 6.45) is 5.24. The van der Waals surface area contributed by atoms with Crippen molar-refractivity contribution in [1.29, 1.82) is 0 Å². The fourth-order valence-electron chi connectivity index (χ4n) is 3.09. The Morgan fingerprint density at radius 2 is 2.19 bits per heavy atom. The van der Waals surface area contributed by atoms with E-state index < -0.39 is 0 Å². The van der Waals surface area contributed by atoms with Crippen molar-refractivity contribution in [3.05, 3.63) is 23.6 Å². The zero-order valence-electron chi connectivity index (χ0n) is 13.5. The second kappa shape index (κ2) is 7.74. The molecule has 0 amide bonds. The molecule has 0 aliphatic carbocycles. The molecule has 1 aromatic rings. The fourth-order valence-corrected chi connectivity index (χ4v) is 3.09. The molecule has 0 bridgehead atoms. The van der Waals surface area contributed by atoms with Crippen molar-refractivity contribution in [2.24, 2.45) is 11.8 Å². The summed E-state index contributed by atoms with van der Waals surface area (Å²) in [4.78, 5) is 6.44. The van der Waals surface area contributed by atoms with Gasteiger partial charge in [-0.1, -0.05) is 20.8 Å². The van der Waals surface area contributed by atoms with Crippen molar-refractivity contribution in [2.45, 2.75) is 46.6 Å². The van der Waals surface area contributed by atoms with E-state index >= 15 is 0 Å². The van der Waals surface area contributed by atoms with E-state index in [1.54, 1.807) is 12.3 Å². The quantitative estimate of drug-likeness (QED) is 0.899. The average Bonchev–Trinajstić information content (AvgIpc) is 2.72. The summed E-state index contributed by atoms with van der Waals surface area (Å²) in [6.45, 7) is 9.85. The van der Waals surface area contributed by atoms with Gasteiger partial charge >= 0.3 is 0 Å². The maximum atomic E-state index is 14.6. The highest BCUT2D eigenvalue weighted by Crippen LogP contribution is 2.28. The maximum Gasteiger partial charge on any atom is 0.170 e. The van der Waals surface area contributed by atoms with Gasteiger partial charge in [-0.05, 0) is 43.7 Å². The molecule has 1 saturated heterocycles. The third-order valence-corrected chi connectivity index (χ3v) is 4.53. The Bertz CT molecular complexity index is 448. The molecule has 118 valence electrons. The van der Waals surface area contributed by atoms with E-state index in [9.17, 15) is 4.39 Å². The molecule has 1 unspecified atom stereocenters. The SMILES string of the molecule is CCNCc1ccnc(N2CCCC(C(C)C)CC2)c1F. The van der Waals surface area contributed by atoms with Crippen LogP contribution in [0.15, 0.2) is 12.3 Å². The summed E-state index contributed by atoms with van der Waals surface area (Å²) < 4.78 is 14.6. The summed E-state index contributed by atoms with van der Waals surface area (Å²) >= 11 is 0. The van der Waals surface area contributed by atoms with Gasteiger partial charge in [0.2, 0.25) is 0 Å². The fraction of sp³-hybridized carbons (Fsp3) is 0.706. The Morgan fingerprint density at radius 1 is 1.38 bits per heavy atom. The smallest absolute Gasteiger partial charge is 0.170 e. The van der Waals surface area contributed by atoms with Crippen molar-refractivity contribution >= 4 is 5.82 Å². The maximum absolute atomic E-state index is 14.6. The number of halogens is 1. The van der Waals surface area contributed by atoms with E-state index in [0.29, 0.717) is 23.8 Å². The minimum Gasteiger partial charge on any atom is -0.354 e. The molecule has 2 rings (SSSR count). The predicted molar refractivity (Wildman–Crippen MR) is 86.0 cm³/mol. The zero-order valence-corrected chi connectivity index (χ0v) is 13.5. The summed E-state index contributed by atoms with van der Waals surface area (Å²) in [5, 5.41) is 3.18. The van der Waals surface area contributed by atoms with Crippen LogP contribution in [0.1, 0.15) is 45.6 Å². The lowest BCUT2D eigenvalue weighted by Gasteiger charge is -2.23. The number of nitrogens with zero attached hydrogens (tertiary/aromatic N) is 2. The first-order valence-electron chi connectivity index (χ1n) is 8.22. The highest BCUT2D eigenvalue weighted by Gasteiger charge is 2.22. The van der Waals surface area contributed by atoms with Gasteiger partial charge in [0, 0.05) is 31.4 Å². The molecule has 0 saturated carbocycles. The number of nitrogens with one attached hydrogen (secondary N) is 1. The summed E-state index contributed by atoms with van der Waals surface area (Å²) in [7, 11) is 0. The van der Waals surface area contributed by atoms with Crippen LogP contribution in [0.4, 0.5) is 10.2 Å².